The summed E-state index contributed by atoms with van der Waals surface area (Å²) in [4.78, 5) is 0. The standard InChI is InChI=1S/C8H7.C5H5.Co/c1-2-4-6-8-7-5-3-1;1-2-4-5-3-1;/h1-7H;1-3H,4H2;. The summed E-state index contributed by atoms with van der Waals surface area (Å²) in [6.07, 6.45) is 22.3. The van der Waals surface area contributed by atoms with E-state index in [0.29, 0.717) is 0 Å². The summed E-state index contributed by atoms with van der Waals surface area (Å²) >= 11 is 1.36. The third-order valence-electron chi connectivity index (χ3n) is 1.85. The predicted octanol–water partition coefficient (Wildman–Crippen LogP) is 3.48. The van der Waals surface area contributed by atoms with E-state index in [4.69, 9.17) is 0 Å². The molecule has 0 N–H and O–H groups in total. The molecule has 14 heavy (non-hydrogen) atoms. The van der Waals surface area contributed by atoms with Crippen molar-refractivity contribution < 1.29 is 14.7 Å². The van der Waals surface area contributed by atoms with Crippen molar-refractivity contribution in [1.82, 2.24) is 0 Å². The van der Waals surface area contributed by atoms with Crippen LogP contribution in [-0.4, -0.2) is 0 Å². The fourth-order valence-corrected chi connectivity index (χ4v) is 2.36. The van der Waals surface area contributed by atoms with Crippen LogP contribution < -0.4 is 0 Å². The molecule has 0 amide bonds. The SMILES string of the molecule is C1=CC=C[C]([Co][C]2=CC=CC2)=CC=C1. The Labute approximate surface area is 91.1 Å². The van der Waals surface area contributed by atoms with Gasteiger partial charge >= 0.3 is 90.9 Å². The van der Waals surface area contributed by atoms with E-state index in [1.807, 2.05) is 6.08 Å². The molecule has 0 fully saturated rings. The molecule has 0 unspecified atom stereocenters. The second kappa shape index (κ2) is 4.98. The van der Waals surface area contributed by atoms with E-state index >= 15 is 0 Å². The van der Waals surface area contributed by atoms with E-state index < -0.39 is 0 Å². The molecule has 0 spiro atoms. The van der Waals surface area contributed by atoms with Gasteiger partial charge in [0.15, 0.2) is 0 Å². The van der Waals surface area contributed by atoms with Crippen LogP contribution in [0.15, 0.2) is 69.8 Å². The van der Waals surface area contributed by atoms with Crippen molar-refractivity contribution in [3.63, 3.8) is 0 Å². The van der Waals surface area contributed by atoms with Gasteiger partial charge in [-0.3, -0.25) is 0 Å². The van der Waals surface area contributed by atoms with Crippen molar-refractivity contribution in [1.29, 1.82) is 0 Å². The van der Waals surface area contributed by atoms with Crippen LogP contribution in [-0.2, 0) is 14.7 Å². The molecule has 0 aromatic carbocycles. The first kappa shape index (κ1) is 9.50. The number of allylic oxidation sites excluding steroid dienone is 12. The van der Waals surface area contributed by atoms with Crippen molar-refractivity contribution in [2.45, 2.75) is 6.42 Å². The summed E-state index contributed by atoms with van der Waals surface area (Å²) in [5.74, 6) is 0. The molecule has 2 rings (SSSR count). The molecular weight excluding hydrogens is 215 g/mol. The zero-order chi connectivity index (χ0) is 9.64. The topological polar surface area (TPSA) is 0 Å². The molecule has 1 heteroatoms. The van der Waals surface area contributed by atoms with Crippen LogP contribution in [0.4, 0.5) is 0 Å². The molecule has 0 aromatic rings. The number of rotatable bonds is 2. The second-order valence-electron chi connectivity index (χ2n) is 2.96. The summed E-state index contributed by atoms with van der Waals surface area (Å²) in [6, 6.07) is 0. The van der Waals surface area contributed by atoms with Gasteiger partial charge in [0.2, 0.25) is 0 Å². The minimum atomic E-state index is 1.10. The van der Waals surface area contributed by atoms with Gasteiger partial charge in [-0.2, -0.15) is 0 Å². The fourth-order valence-electron chi connectivity index (χ4n) is 1.19. The maximum absolute atomic E-state index is 2.20. The Kier molecular flexibility index (Phi) is 3.38. The first-order chi connectivity index (χ1) is 6.95. The molecule has 0 saturated heterocycles. The molecule has 0 radical (unpaired) electrons. The van der Waals surface area contributed by atoms with Gasteiger partial charge in [0.05, 0.1) is 0 Å². The van der Waals surface area contributed by atoms with Gasteiger partial charge in [0, 0.05) is 0 Å². The molecule has 2 aliphatic carbocycles. The molecular formula is C13H12Co. The van der Waals surface area contributed by atoms with Crippen molar-refractivity contribution in [2.24, 2.45) is 0 Å². The van der Waals surface area contributed by atoms with Gasteiger partial charge in [-0.1, -0.05) is 0 Å². The van der Waals surface area contributed by atoms with Gasteiger partial charge in [-0.05, 0) is 0 Å². The van der Waals surface area contributed by atoms with Crippen LogP contribution >= 0.6 is 0 Å². The zero-order valence-electron chi connectivity index (χ0n) is 7.81. The molecule has 0 bridgehead atoms. The van der Waals surface area contributed by atoms with Crippen LogP contribution in [0.2, 0.25) is 0 Å². The summed E-state index contributed by atoms with van der Waals surface area (Å²) < 4.78 is 2.81. The van der Waals surface area contributed by atoms with Gasteiger partial charge < -0.3 is 0 Å². The average molecular weight is 227 g/mol. The summed E-state index contributed by atoms with van der Waals surface area (Å²) in [5, 5.41) is 0. The quantitative estimate of drug-likeness (QED) is 0.677. The Morgan fingerprint density at radius 2 is 1.71 bits per heavy atom. The zero-order valence-corrected chi connectivity index (χ0v) is 8.85. The Hall–Kier alpha value is -1.05. The second-order valence-corrected chi connectivity index (χ2v) is 4.49. The molecule has 0 aliphatic heterocycles. The van der Waals surface area contributed by atoms with Crippen LogP contribution in [0.25, 0.3) is 0 Å². The van der Waals surface area contributed by atoms with Crippen molar-refractivity contribution in [3.05, 3.63) is 69.8 Å². The normalized spacial score (nSPS) is 19.4. The van der Waals surface area contributed by atoms with Crippen LogP contribution in [0.5, 0.6) is 0 Å². The van der Waals surface area contributed by atoms with E-state index in [-0.39, 0.29) is 0 Å². The van der Waals surface area contributed by atoms with E-state index in [2.05, 4.69) is 54.7 Å². The summed E-state index contributed by atoms with van der Waals surface area (Å²) in [6.45, 7) is 0. The molecule has 0 nitrogen and oxygen atoms in total. The Morgan fingerprint density at radius 1 is 0.857 bits per heavy atom. The van der Waals surface area contributed by atoms with E-state index in [1.165, 1.54) is 23.7 Å². The maximum atomic E-state index is 2.20. The van der Waals surface area contributed by atoms with Gasteiger partial charge in [-0.15, -0.1) is 0 Å². The molecule has 2 aliphatic rings. The Morgan fingerprint density at radius 3 is 2.57 bits per heavy atom. The summed E-state index contributed by atoms with van der Waals surface area (Å²) in [7, 11) is 0. The molecule has 73 valence electrons. The molecule has 0 heterocycles. The minimum absolute atomic E-state index is 1.10. The molecule has 0 saturated carbocycles. The van der Waals surface area contributed by atoms with Crippen molar-refractivity contribution in [3.8, 4) is 0 Å². The monoisotopic (exact) mass is 227 g/mol. The van der Waals surface area contributed by atoms with E-state index in [0.717, 1.165) is 6.42 Å². The van der Waals surface area contributed by atoms with Crippen LogP contribution in [0.3, 0.4) is 0 Å². The van der Waals surface area contributed by atoms with Crippen LogP contribution in [0, 0.1) is 0 Å². The predicted molar refractivity (Wildman–Crippen MR) is 57.3 cm³/mol. The Balaban J connectivity index is 2.03. The van der Waals surface area contributed by atoms with E-state index in [9.17, 15) is 0 Å². The first-order valence-electron chi connectivity index (χ1n) is 4.63. The third kappa shape index (κ3) is 2.72. The summed E-state index contributed by atoms with van der Waals surface area (Å²) in [5.41, 5.74) is 0. The molecule has 0 atom stereocenters. The Bertz CT molecular complexity index is 376. The van der Waals surface area contributed by atoms with Gasteiger partial charge in [0.25, 0.3) is 0 Å². The fraction of sp³-hybridized carbons (Fsp3) is 0.0769. The van der Waals surface area contributed by atoms with Crippen LogP contribution in [0.1, 0.15) is 6.42 Å². The van der Waals surface area contributed by atoms with Gasteiger partial charge in [0.1, 0.15) is 0 Å². The van der Waals surface area contributed by atoms with Crippen molar-refractivity contribution in [2.75, 3.05) is 0 Å². The molecule has 0 aromatic heterocycles. The number of hydrogen-bond donors (Lipinski definition) is 0. The van der Waals surface area contributed by atoms with E-state index in [1.54, 1.807) is 0 Å². The third-order valence-corrected chi connectivity index (χ3v) is 3.22. The van der Waals surface area contributed by atoms with Crippen molar-refractivity contribution >= 4 is 0 Å². The number of hydrogen-bond acceptors (Lipinski definition) is 0. The first-order valence-corrected chi connectivity index (χ1v) is 5.67. The average Bonchev–Trinajstić information content (AvgIpc) is 2.62. The van der Waals surface area contributed by atoms with Gasteiger partial charge in [-0.25, -0.2) is 0 Å².